The van der Waals surface area contributed by atoms with E-state index in [2.05, 4.69) is 20.6 Å². The summed E-state index contributed by atoms with van der Waals surface area (Å²) in [5, 5.41) is 5.40. The molecule has 0 unspecified atom stereocenters. The van der Waals surface area contributed by atoms with Gasteiger partial charge in [0, 0.05) is 38.2 Å². The summed E-state index contributed by atoms with van der Waals surface area (Å²) in [6.45, 7) is 1.72. The van der Waals surface area contributed by atoms with Crippen LogP contribution in [0.15, 0.2) is 36.9 Å². The number of nitrogens with zero attached hydrogens (tertiary/aromatic N) is 4. The van der Waals surface area contributed by atoms with Crippen LogP contribution < -0.4 is 16.4 Å². The zero-order valence-electron chi connectivity index (χ0n) is 17.3. The lowest BCUT2D eigenvalue weighted by atomic mass is 9.95. The number of carbonyl (C=O) groups excluding carboxylic acids is 4. The minimum absolute atomic E-state index is 0.160. The Bertz CT molecular complexity index is 975. The van der Waals surface area contributed by atoms with Gasteiger partial charge in [0.15, 0.2) is 0 Å². The topological polar surface area (TPSA) is 152 Å². The first-order chi connectivity index (χ1) is 14.8. The average molecular weight is 427 g/mol. The number of hydrogen-bond acceptors (Lipinski definition) is 6. The molecule has 2 aromatic heterocycles. The second-order valence-electron chi connectivity index (χ2n) is 7.44. The van der Waals surface area contributed by atoms with E-state index in [1.54, 1.807) is 29.9 Å². The number of amides is 4. The van der Waals surface area contributed by atoms with E-state index in [1.807, 2.05) is 0 Å². The van der Waals surface area contributed by atoms with Crippen LogP contribution in [0.5, 0.6) is 0 Å². The summed E-state index contributed by atoms with van der Waals surface area (Å²) in [7, 11) is 1.74. The molecule has 1 saturated heterocycles. The number of aryl methyl sites for hydroxylation is 1. The highest BCUT2D eigenvalue weighted by molar-refractivity contribution is 5.98. The van der Waals surface area contributed by atoms with Crippen LogP contribution in [-0.2, 0) is 16.6 Å². The van der Waals surface area contributed by atoms with Gasteiger partial charge in [-0.15, -0.1) is 0 Å². The lowest BCUT2D eigenvalue weighted by Crippen LogP contribution is -2.59. The summed E-state index contributed by atoms with van der Waals surface area (Å²) >= 11 is 0. The molecule has 0 bridgehead atoms. The molecule has 4 amide bonds. The monoisotopic (exact) mass is 427 g/mol. The van der Waals surface area contributed by atoms with Crippen LogP contribution in [0.2, 0.25) is 0 Å². The van der Waals surface area contributed by atoms with Crippen LogP contribution in [0, 0.1) is 0 Å². The van der Waals surface area contributed by atoms with E-state index >= 15 is 0 Å². The second-order valence-corrected chi connectivity index (χ2v) is 7.44. The predicted molar refractivity (Wildman–Crippen MR) is 110 cm³/mol. The number of rotatable bonds is 6. The number of piperidine rings is 1. The van der Waals surface area contributed by atoms with Gasteiger partial charge in [0.1, 0.15) is 23.5 Å². The highest BCUT2D eigenvalue weighted by atomic mass is 16.2. The quantitative estimate of drug-likeness (QED) is 0.549. The molecule has 0 radical (unpaired) electrons. The standard InChI is InChI=1S/C20H25N7O4/c1-12(17(21)28)24-19(30)16-10-13(25-18(29)14-11-22-6-7-23-14)5-9-27(16)20(31)15-4-3-8-26(15)2/h3-4,6-8,11-13,16H,5,9-10H2,1-2H3,(H2,21,28)(H,24,30)(H,25,29)/t12-,13+,16-/m1/s1. The average Bonchev–Trinajstić information content (AvgIpc) is 3.19. The number of primary amides is 1. The predicted octanol–water partition coefficient (Wildman–Crippen LogP) is -0.792. The van der Waals surface area contributed by atoms with Crippen molar-refractivity contribution in [2.45, 2.75) is 37.9 Å². The van der Waals surface area contributed by atoms with Crippen LogP contribution in [0.1, 0.15) is 40.7 Å². The molecule has 2 aromatic rings. The third kappa shape index (κ3) is 5.05. The molecular formula is C20H25N7O4. The van der Waals surface area contributed by atoms with Crippen molar-refractivity contribution in [3.05, 3.63) is 48.3 Å². The first-order valence-corrected chi connectivity index (χ1v) is 9.86. The summed E-state index contributed by atoms with van der Waals surface area (Å²) in [6.07, 6.45) is 6.60. The molecule has 4 N–H and O–H groups in total. The lowest BCUT2D eigenvalue weighted by molar-refractivity contribution is -0.131. The summed E-state index contributed by atoms with van der Waals surface area (Å²) in [6, 6.07) is 1.27. The summed E-state index contributed by atoms with van der Waals surface area (Å²) < 4.78 is 1.67. The molecule has 1 aliphatic rings. The molecule has 3 rings (SSSR count). The van der Waals surface area contributed by atoms with Crippen molar-refractivity contribution in [2.75, 3.05) is 6.54 Å². The van der Waals surface area contributed by atoms with E-state index in [0.29, 0.717) is 12.1 Å². The molecule has 3 heterocycles. The van der Waals surface area contributed by atoms with Crippen LogP contribution in [0.25, 0.3) is 0 Å². The van der Waals surface area contributed by atoms with Gasteiger partial charge in [-0.3, -0.25) is 24.2 Å². The van der Waals surface area contributed by atoms with Gasteiger partial charge in [0.2, 0.25) is 11.8 Å². The third-order valence-corrected chi connectivity index (χ3v) is 5.25. The number of aromatic nitrogens is 3. The lowest BCUT2D eigenvalue weighted by Gasteiger charge is -2.39. The zero-order chi connectivity index (χ0) is 22.5. The minimum atomic E-state index is -0.894. The van der Waals surface area contributed by atoms with Crippen molar-refractivity contribution < 1.29 is 19.2 Å². The molecular weight excluding hydrogens is 402 g/mol. The number of likely N-dealkylation sites (tertiary alicyclic amines) is 1. The SMILES string of the molecule is C[C@@H](NC(=O)[C@H]1C[C@@H](NC(=O)c2cnccn2)CCN1C(=O)c1cccn1C)C(N)=O. The molecule has 0 aromatic carbocycles. The fraction of sp³-hybridized carbons (Fsp3) is 0.400. The highest BCUT2D eigenvalue weighted by Gasteiger charge is 2.38. The van der Waals surface area contributed by atoms with E-state index in [0.717, 1.165) is 0 Å². The van der Waals surface area contributed by atoms with Gasteiger partial charge in [-0.2, -0.15) is 0 Å². The number of carbonyl (C=O) groups is 4. The van der Waals surface area contributed by atoms with Gasteiger partial charge in [-0.1, -0.05) is 0 Å². The first kappa shape index (κ1) is 21.9. The molecule has 3 atom stereocenters. The van der Waals surface area contributed by atoms with Crippen LogP contribution >= 0.6 is 0 Å². The molecule has 0 aliphatic carbocycles. The summed E-state index contributed by atoms with van der Waals surface area (Å²) in [5.74, 6) is -1.91. The highest BCUT2D eigenvalue weighted by Crippen LogP contribution is 2.21. The van der Waals surface area contributed by atoms with Crippen molar-refractivity contribution in [1.82, 2.24) is 30.1 Å². The Balaban J connectivity index is 1.78. The fourth-order valence-electron chi connectivity index (χ4n) is 3.47. The molecule has 1 fully saturated rings. The van der Waals surface area contributed by atoms with E-state index in [-0.39, 0.29) is 30.6 Å². The number of nitrogens with one attached hydrogen (secondary N) is 2. The molecule has 1 aliphatic heterocycles. The Morgan fingerprint density at radius 2 is 2.03 bits per heavy atom. The smallest absolute Gasteiger partial charge is 0.271 e. The van der Waals surface area contributed by atoms with Crippen molar-refractivity contribution >= 4 is 23.6 Å². The maximum Gasteiger partial charge on any atom is 0.271 e. The number of hydrogen-bond donors (Lipinski definition) is 3. The largest absolute Gasteiger partial charge is 0.368 e. The van der Waals surface area contributed by atoms with Crippen LogP contribution in [-0.4, -0.2) is 67.7 Å². The second kappa shape index (κ2) is 9.37. The van der Waals surface area contributed by atoms with Gasteiger partial charge in [0.05, 0.1) is 6.20 Å². The maximum absolute atomic E-state index is 13.1. The van der Waals surface area contributed by atoms with Gasteiger partial charge in [0.25, 0.3) is 11.8 Å². The Hall–Kier alpha value is -3.76. The van der Waals surface area contributed by atoms with Gasteiger partial charge >= 0.3 is 0 Å². The summed E-state index contributed by atoms with van der Waals surface area (Å²) in [5.41, 5.74) is 5.85. The maximum atomic E-state index is 13.1. The van der Waals surface area contributed by atoms with Crippen molar-refractivity contribution in [2.24, 2.45) is 12.8 Å². The van der Waals surface area contributed by atoms with Crippen LogP contribution in [0.3, 0.4) is 0 Å². The van der Waals surface area contributed by atoms with Crippen LogP contribution in [0.4, 0.5) is 0 Å². The van der Waals surface area contributed by atoms with Crippen molar-refractivity contribution in [3.63, 3.8) is 0 Å². The Labute approximate surface area is 179 Å². The fourth-order valence-corrected chi connectivity index (χ4v) is 3.47. The zero-order valence-corrected chi connectivity index (χ0v) is 17.3. The molecule has 0 spiro atoms. The Morgan fingerprint density at radius 3 is 2.65 bits per heavy atom. The Morgan fingerprint density at radius 1 is 1.26 bits per heavy atom. The normalized spacial score (nSPS) is 19.4. The molecule has 11 heteroatoms. The van der Waals surface area contributed by atoms with Crippen molar-refractivity contribution in [3.8, 4) is 0 Å². The molecule has 11 nitrogen and oxygen atoms in total. The van der Waals surface area contributed by atoms with E-state index in [4.69, 9.17) is 5.73 Å². The molecule has 164 valence electrons. The molecule has 0 saturated carbocycles. The van der Waals surface area contributed by atoms with E-state index in [1.165, 1.54) is 30.4 Å². The van der Waals surface area contributed by atoms with Gasteiger partial charge in [-0.05, 0) is 31.9 Å². The van der Waals surface area contributed by atoms with Crippen molar-refractivity contribution in [1.29, 1.82) is 0 Å². The third-order valence-electron chi connectivity index (χ3n) is 5.25. The Kier molecular flexibility index (Phi) is 6.63. The number of nitrogens with two attached hydrogens (primary N) is 1. The van der Waals surface area contributed by atoms with E-state index < -0.39 is 29.8 Å². The van der Waals surface area contributed by atoms with Gasteiger partial charge < -0.3 is 25.8 Å². The van der Waals surface area contributed by atoms with E-state index in [9.17, 15) is 19.2 Å². The molecule has 31 heavy (non-hydrogen) atoms. The first-order valence-electron chi connectivity index (χ1n) is 9.86. The van der Waals surface area contributed by atoms with Gasteiger partial charge in [-0.25, -0.2) is 4.98 Å². The minimum Gasteiger partial charge on any atom is -0.368 e. The summed E-state index contributed by atoms with van der Waals surface area (Å²) in [4.78, 5) is 59.2.